The van der Waals surface area contributed by atoms with Crippen LogP contribution in [0.5, 0.6) is 0 Å². The Balaban J connectivity index is 1.67. The van der Waals surface area contributed by atoms with E-state index in [9.17, 15) is 13.2 Å². The number of sulfonamides is 1. The minimum Gasteiger partial charge on any atom is -0.359 e. The average Bonchev–Trinajstić information content (AvgIpc) is 2.63. The fourth-order valence-corrected chi connectivity index (χ4v) is 3.99. The summed E-state index contributed by atoms with van der Waals surface area (Å²) in [5, 5.41) is 8.11. The standard InChI is InChI=1S/C20H25N3O3S/c1-14-7-8-17-5-3-4-6-19(17)23(14)13-20(24)22-15(2)16-9-11-18(12-10-16)27(21,25)26/h3-6,9-12,14-15H,7-8,13H2,1-2H3,(H,22,24)(H2,21,25,26)/t14-,15+/m1/s1. The Labute approximate surface area is 160 Å². The number of rotatable bonds is 5. The molecule has 27 heavy (non-hydrogen) atoms. The van der Waals surface area contributed by atoms with Gasteiger partial charge in [0, 0.05) is 11.7 Å². The van der Waals surface area contributed by atoms with Gasteiger partial charge in [0.25, 0.3) is 0 Å². The van der Waals surface area contributed by atoms with Crippen molar-refractivity contribution in [1.29, 1.82) is 0 Å². The molecule has 144 valence electrons. The number of carbonyl (C=O) groups is 1. The molecule has 0 aromatic heterocycles. The Hall–Kier alpha value is -2.38. The third-order valence-corrected chi connectivity index (χ3v) is 5.99. The van der Waals surface area contributed by atoms with E-state index in [4.69, 9.17) is 5.14 Å². The number of benzene rings is 2. The molecule has 0 spiro atoms. The first-order valence-electron chi connectivity index (χ1n) is 9.02. The highest BCUT2D eigenvalue weighted by atomic mass is 32.2. The predicted molar refractivity (Wildman–Crippen MR) is 106 cm³/mol. The summed E-state index contributed by atoms with van der Waals surface area (Å²) < 4.78 is 22.7. The zero-order valence-corrected chi connectivity index (χ0v) is 16.4. The van der Waals surface area contributed by atoms with Crippen LogP contribution >= 0.6 is 0 Å². The lowest BCUT2D eigenvalue weighted by Crippen LogP contribution is -2.44. The quantitative estimate of drug-likeness (QED) is 0.824. The van der Waals surface area contributed by atoms with Gasteiger partial charge in [-0.2, -0.15) is 0 Å². The molecule has 1 aliphatic rings. The highest BCUT2D eigenvalue weighted by Gasteiger charge is 2.25. The Bertz CT molecular complexity index is 926. The fourth-order valence-electron chi connectivity index (χ4n) is 3.47. The van der Waals surface area contributed by atoms with Crippen LogP contribution in [0, 0.1) is 0 Å². The molecule has 0 aliphatic carbocycles. The maximum atomic E-state index is 12.6. The number of aryl methyl sites for hydroxylation is 1. The van der Waals surface area contributed by atoms with E-state index in [0.29, 0.717) is 6.04 Å². The third-order valence-electron chi connectivity index (χ3n) is 5.06. The normalized spacial score (nSPS) is 17.9. The fraction of sp³-hybridized carbons (Fsp3) is 0.350. The third kappa shape index (κ3) is 4.48. The van der Waals surface area contributed by atoms with Crippen LogP contribution in [0.4, 0.5) is 5.69 Å². The van der Waals surface area contributed by atoms with Gasteiger partial charge in [0.05, 0.1) is 17.5 Å². The van der Waals surface area contributed by atoms with E-state index in [1.165, 1.54) is 17.7 Å². The topological polar surface area (TPSA) is 92.5 Å². The summed E-state index contributed by atoms with van der Waals surface area (Å²) in [7, 11) is -3.72. The van der Waals surface area contributed by atoms with Gasteiger partial charge >= 0.3 is 0 Å². The molecule has 1 amide bonds. The summed E-state index contributed by atoms with van der Waals surface area (Å²) in [4.78, 5) is 14.8. The van der Waals surface area contributed by atoms with Gasteiger partial charge in [0.15, 0.2) is 0 Å². The molecule has 2 atom stereocenters. The van der Waals surface area contributed by atoms with E-state index in [0.717, 1.165) is 24.1 Å². The summed E-state index contributed by atoms with van der Waals surface area (Å²) in [5.74, 6) is -0.0680. The Morgan fingerprint density at radius 1 is 1.22 bits per heavy atom. The number of nitrogens with zero attached hydrogens (tertiary/aromatic N) is 1. The summed E-state index contributed by atoms with van der Waals surface area (Å²) in [6, 6.07) is 14.5. The number of amides is 1. The lowest BCUT2D eigenvalue weighted by atomic mass is 9.96. The molecule has 1 aliphatic heterocycles. The largest absolute Gasteiger partial charge is 0.359 e. The second-order valence-corrected chi connectivity index (χ2v) is 8.61. The number of nitrogens with two attached hydrogens (primary N) is 1. The van der Waals surface area contributed by atoms with Gasteiger partial charge in [-0.05, 0) is 56.0 Å². The smallest absolute Gasteiger partial charge is 0.240 e. The van der Waals surface area contributed by atoms with E-state index < -0.39 is 10.0 Å². The molecule has 0 fully saturated rings. The molecule has 0 radical (unpaired) electrons. The number of hydrogen-bond donors (Lipinski definition) is 2. The maximum Gasteiger partial charge on any atom is 0.240 e. The van der Waals surface area contributed by atoms with Crippen LogP contribution < -0.4 is 15.4 Å². The first-order valence-corrected chi connectivity index (χ1v) is 10.6. The molecule has 6 nitrogen and oxygen atoms in total. The maximum absolute atomic E-state index is 12.6. The van der Waals surface area contributed by atoms with Crippen LogP contribution in [0.25, 0.3) is 0 Å². The highest BCUT2D eigenvalue weighted by molar-refractivity contribution is 7.89. The molecule has 7 heteroatoms. The molecule has 3 N–H and O–H groups in total. The molecule has 0 unspecified atom stereocenters. The SMILES string of the molecule is C[C@H](NC(=O)CN1c2ccccc2CC[C@H]1C)c1ccc(S(N)(=O)=O)cc1. The van der Waals surface area contributed by atoms with Crippen LogP contribution in [0.2, 0.25) is 0 Å². The van der Waals surface area contributed by atoms with Gasteiger partial charge in [0.2, 0.25) is 15.9 Å². The van der Waals surface area contributed by atoms with E-state index in [1.807, 2.05) is 19.1 Å². The van der Waals surface area contributed by atoms with Crippen molar-refractivity contribution in [1.82, 2.24) is 5.32 Å². The van der Waals surface area contributed by atoms with Gasteiger partial charge in [-0.3, -0.25) is 4.79 Å². The van der Waals surface area contributed by atoms with Crippen LogP contribution in [-0.4, -0.2) is 26.9 Å². The van der Waals surface area contributed by atoms with Crippen LogP contribution in [-0.2, 0) is 21.2 Å². The van der Waals surface area contributed by atoms with Crippen LogP contribution in [0.15, 0.2) is 53.4 Å². The second kappa shape index (κ2) is 7.70. The summed E-state index contributed by atoms with van der Waals surface area (Å²) in [6.07, 6.45) is 2.05. The first-order chi connectivity index (χ1) is 12.8. The number of anilines is 1. The van der Waals surface area contributed by atoms with Crippen molar-refractivity contribution >= 4 is 21.6 Å². The Morgan fingerprint density at radius 3 is 2.56 bits per heavy atom. The van der Waals surface area contributed by atoms with E-state index in [1.54, 1.807) is 12.1 Å². The van der Waals surface area contributed by atoms with Crippen molar-refractivity contribution in [3.8, 4) is 0 Å². The summed E-state index contributed by atoms with van der Waals surface area (Å²) in [5.41, 5.74) is 3.22. The van der Waals surface area contributed by atoms with Crippen molar-refractivity contribution < 1.29 is 13.2 Å². The molecular weight excluding hydrogens is 362 g/mol. The monoisotopic (exact) mass is 387 g/mol. The van der Waals surface area contributed by atoms with E-state index >= 15 is 0 Å². The van der Waals surface area contributed by atoms with Gasteiger partial charge < -0.3 is 10.2 Å². The van der Waals surface area contributed by atoms with Gasteiger partial charge in [-0.1, -0.05) is 30.3 Å². The van der Waals surface area contributed by atoms with Crippen LogP contribution in [0.1, 0.15) is 37.4 Å². The molecule has 0 saturated heterocycles. The summed E-state index contributed by atoms with van der Waals surface area (Å²) >= 11 is 0. The average molecular weight is 388 g/mol. The van der Waals surface area contributed by atoms with Crippen LogP contribution in [0.3, 0.4) is 0 Å². The summed E-state index contributed by atoms with van der Waals surface area (Å²) in [6.45, 7) is 4.30. The molecule has 0 saturated carbocycles. The zero-order chi connectivity index (χ0) is 19.6. The molecule has 2 aromatic rings. The van der Waals surface area contributed by atoms with E-state index in [2.05, 4.69) is 29.3 Å². The van der Waals surface area contributed by atoms with Crippen molar-refractivity contribution in [2.45, 2.75) is 43.7 Å². The highest BCUT2D eigenvalue weighted by Crippen LogP contribution is 2.30. The Kier molecular flexibility index (Phi) is 5.53. The number of carbonyl (C=O) groups excluding carboxylic acids is 1. The number of primary sulfonamides is 1. The molecular formula is C20H25N3O3S. The van der Waals surface area contributed by atoms with Gasteiger partial charge in [-0.25, -0.2) is 13.6 Å². The van der Waals surface area contributed by atoms with Crippen molar-refractivity contribution in [3.63, 3.8) is 0 Å². The van der Waals surface area contributed by atoms with Crippen molar-refractivity contribution in [3.05, 3.63) is 59.7 Å². The van der Waals surface area contributed by atoms with Gasteiger partial charge in [-0.15, -0.1) is 0 Å². The lowest BCUT2D eigenvalue weighted by Gasteiger charge is -2.36. The first kappa shape index (κ1) is 19.4. The predicted octanol–water partition coefficient (Wildman–Crippen LogP) is 2.35. The number of fused-ring (bicyclic) bond motifs is 1. The molecule has 3 rings (SSSR count). The lowest BCUT2D eigenvalue weighted by molar-refractivity contribution is -0.120. The minimum atomic E-state index is -3.72. The number of hydrogen-bond acceptors (Lipinski definition) is 4. The number of para-hydroxylation sites is 1. The number of nitrogens with one attached hydrogen (secondary N) is 1. The molecule has 1 heterocycles. The zero-order valence-electron chi connectivity index (χ0n) is 15.6. The van der Waals surface area contributed by atoms with Crippen molar-refractivity contribution in [2.75, 3.05) is 11.4 Å². The van der Waals surface area contributed by atoms with E-state index in [-0.39, 0.29) is 23.4 Å². The molecule has 0 bridgehead atoms. The Morgan fingerprint density at radius 2 is 1.89 bits per heavy atom. The minimum absolute atomic E-state index is 0.0588. The van der Waals surface area contributed by atoms with Crippen molar-refractivity contribution in [2.24, 2.45) is 5.14 Å². The second-order valence-electron chi connectivity index (χ2n) is 7.05. The van der Waals surface area contributed by atoms with Gasteiger partial charge in [0.1, 0.15) is 0 Å². The molecule has 2 aromatic carbocycles.